The van der Waals surface area contributed by atoms with E-state index in [0.29, 0.717) is 31.4 Å². The molecule has 0 aliphatic heterocycles. The van der Waals surface area contributed by atoms with Gasteiger partial charge in [-0.25, -0.2) is 0 Å². The molecule has 2 N–H and O–H groups in total. The van der Waals surface area contributed by atoms with Crippen molar-refractivity contribution in [2.75, 3.05) is 33.9 Å². The average molecular weight is 244 g/mol. The summed E-state index contributed by atoms with van der Waals surface area (Å²) in [4.78, 5) is 13.7. The highest BCUT2D eigenvalue weighted by molar-refractivity contribution is 5.76. The first kappa shape index (κ1) is 16.4. The van der Waals surface area contributed by atoms with E-state index in [9.17, 15) is 4.79 Å². The van der Waals surface area contributed by atoms with Crippen molar-refractivity contribution in [1.82, 2.24) is 4.90 Å². The van der Waals surface area contributed by atoms with Gasteiger partial charge < -0.3 is 15.4 Å². The van der Waals surface area contributed by atoms with E-state index in [1.165, 1.54) is 0 Å². The molecule has 0 unspecified atom stereocenters. The predicted molar refractivity (Wildman–Crippen MR) is 70.7 cm³/mol. The third-order valence-electron chi connectivity index (χ3n) is 2.87. The molecule has 17 heavy (non-hydrogen) atoms. The summed E-state index contributed by atoms with van der Waals surface area (Å²) in [6.07, 6.45) is 2.47. The SMILES string of the molecule is COCCCN(C)C(=O)C[C@@H](CN)CC(C)C. The number of nitrogens with zero attached hydrogens (tertiary/aromatic N) is 1. The van der Waals surface area contributed by atoms with Crippen LogP contribution in [0.15, 0.2) is 0 Å². The fourth-order valence-corrected chi connectivity index (χ4v) is 1.90. The predicted octanol–water partition coefficient (Wildman–Crippen LogP) is 1.49. The fourth-order valence-electron chi connectivity index (χ4n) is 1.90. The van der Waals surface area contributed by atoms with E-state index in [4.69, 9.17) is 10.5 Å². The minimum absolute atomic E-state index is 0.192. The molecule has 1 atom stereocenters. The smallest absolute Gasteiger partial charge is 0.222 e. The number of rotatable bonds is 9. The number of methoxy groups -OCH3 is 1. The molecule has 0 aromatic rings. The Hall–Kier alpha value is -0.610. The molecule has 102 valence electrons. The molecular weight excluding hydrogens is 216 g/mol. The van der Waals surface area contributed by atoms with Gasteiger partial charge in [0.15, 0.2) is 0 Å². The summed E-state index contributed by atoms with van der Waals surface area (Å²) in [5.74, 6) is 1.10. The normalized spacial score (nSPS) is 12.8. The standard InChI is InChI=1S/C13H28N2O2/c1-11(2)8-12(10-14)9-13(16)15(3)6-5-7-17-4/h11-12H,5-10,14H2,1-4H3/t12-/m0/s1. The molecule has 0 radical (unpaired) electrons. The van der Waals surface area contributed by atoms with Gasteiger partial charge in [-0.15, -0.1) is 0 Å². The van der Waals surface area contributed by atoms with Gasteiger partial charge in [-0.2, -0.15) is 0 Å². The molecule has 0 aromatic carbocycles. The molecular formula is C13H28N2O2. The highest BCUT2D eigenvalue weighted by Crippen LogP contribution is 2.15. The number of amides is 1. The molecule has 0 fully saturated rings. The first-order valence-corrected chi connectivity index (χ1v) is 6.44. The van der Waals surface area contributed by atoms with Gasteiger partial charge in [0.2, 0.25) is 5.91 Å². The lowest BCUT2D eigenvalue weighted by molar-refractivity contribution is -0.131. The van der Waals surface area contributed by atoms with Gasteiger partial charge in [-0.3, -0.25) is 4.79 Å². The number of ether oxygens (including phenoxy) is 1. The number of hydrogen-bond acceptors (Lipinski definition) is 3. The minimum atomic E-state index is 0.192. The van der Waals surface area contributed by atoms with Crippen LogP contribution in [0.4, 0.5) is 0 Å². The van der Waals surface area contributed by atoms with E-state index >= 15 is 0 Å². The van der Waals surface area contributed by atoms with E-state index in [0.717, 1.165) is 19.4 Å². The molecule has 0 bridgehead atoms. The van der Waals surface area contributed by atoms with E-state index in [1.807, 2.05) is 7.05 Å². The number of carbonyl (C=O) groups is 1. The average Bonchev–Trinajstić information content (AvgIpc) is 2.27. The largest absolute Gasteiger partial charge is 0.385 e. The van der Waals surface area contributed by atoms with Gasteiger partial charge in [0.25, 0.3) is 0 Å². The highest BCUT2D eigenvalue weighted by Gasteiger charge is 2.16. The zero-order valence-electron chi connectivity index (χ0n) is 11.7. The first-order valence-electron chi connectivity index (χ1n) is 6.44. The summed E-state index contributed by atoms with van der Waals surface area (Å²) in [6.45, 7) is 6.37. The molecule has 0 aliphatic carbocycles. The monoisotopic (exact) mass is 244 g/mol. The van der Waals surface area contributed by atoms with Gasteiger partial charge >= 0.3 is 0 Å². The number of carbonyl (C=O) groups excluding carboxylic acids is 1. The Morgan fingerprint density at radius 3 is 2.53 bits per heavy atom. The fraction of sp³-hybridized carbons (Fsp3) is 0.923. The lowest BCUT2D eigenvalue weighted by Crippen LogP contribution is -2.32. The second-order valence-corrected chi connectivity index (χ2v) is 5.10. The molecule has 0 saturated heterocycles. The summed E-state index contributed by atoms with van der Waals surface area (Å²) in [5, 5.41) is 0. The van der Waals surface area contributed by atoms with Crippen molar-refractivity contribution in [3.05, 3.63) is 0 Å². The molecule has 0 saturated carbocycles. The maximum absolute atomic E-state index is 11.9. The Kier molecular flexibility index (Phi) is 9.09. The molecule has 4 nitrogen and oxygen atoms in total. The topological polar surface area (TPSA) is 55.6 Å². The lowest BCUT2D eigenvalue weighted by atomic mass is 9.94. The van der Waals surface area contributed by atoms with Crippen molar-refractivity contribution in [3.8, 4) is 0 Å². The van der Waals surface area contributed by atoms with Gasteiger partial charge in [0.05, 0.1) is 0 Å². The third kappa shape index (κ3) is 8.16. The quantitative estimate of drug-likeness (QED) is 0.625. The third-order valence-corrected chi connectivity index (χ3v) is 2.87. The van der Waals surface area contributed by atoms with E-state index in [2.05, 4.69) is 13.8 Å². The van der Waals surface area contributed by atoms with Gasteiger partial charge in [-0.1, -0.05) is 13.8 Å². The van der Waals surface area contributed by atoms with Crippen LogP contribution < -0.4 is 5.73 Å². The summed E-state index contributed by atoms with van der Waals surface area (Å²) in [7, 11) is 3.52. The summed E-state index contributed by atoms with van der Waals surface area (Å²) < 4.78 is 4.97. The van der Waals surface area contributed by atoms with Crippen LogP contribution in [0.5, 0.6) is 0 Å². The highest BCUT2D eigenvalue weighted by atomic mass is 16.5. The maximum atomic E-state index is 11.9. The Morgan fingerprint density at radius 1 is 1.41 bits per heavy atom. The zero-order valence-corrected chi connectivity index (χ0v) is 11.7. The second kappa shape index (κ2) is 9.42. The van der Waals surface area contributed by atoms with Crippen molar-refractivity contribution >= 4 is 5.91 Å². The molecule has 0 aliphatic rings. The molecule has 0 rings (SSSR count). The molecule has 0 spiro atoms. The molecule has 1 amide bonds. The van der Waals surface area contributed by atoms with Crippen LogP contribution in [0, 0.1) is 11.8 Å². The van der Waals surface area contributed by atoms with Crippen LogP contribution in [0.25, 0.3) is 0 Å². The molecule has 4 heteroatoms. The molecule has 0 heterocycles. The van der Waals surface area contributed by atoms with Crippen LogP contribution in [0.1, 0.15) is 33.1 Å². The first-order chi connectivity index (χ1) is 8.01. The zero-order chi connectivity index (χ0) is 13.3. The van der Waals surface area contributed by atoms with Crippen molar-refractivity contribution in [3.63, 3.8) is 0 Å². The molecule has 0 aromatic heterocycles. The second-order valence-electron chi connectivity index (χ2n) is 5.10. The van der Waals surface area contributed by atoms with E-state index in [1.54, 1.807) is 12.0 Å². The Bertz CT molecular complexity index is 208. The van der Waals surface area contributed by atoms with Gasteiger partial charge in [-0.05, 0) is 31.2 Å². The maximum Gasteiger partial charge on any atom is 0.222 e. The van der Waals surface area contributed by atoms with Gasteiger partial charge in [0.1, 0.15) is 0 Å². The van der Waals surface area contributed by atoms with Crippen LogP contribution in [0.2, 0.25) is 0 Å². The summed E-state index contributed by atoms with van der Waals surface area (Å²) in [6, 6.07) is 0. The lowest BCUT2D eigenvalue weighted by Gasteiger charge is -2.21. The Balaban J connectivity index is 3.94. The summed E-state index contributed by atoms with van der Waals surface area (Å²) in [5.41, 5.74) is 5.70. The number of hydrogen-bond donors (Lipinski definition) is 1. The summed E-state index contributed by atoms with van der Waals surface area (Å²) >= 11 is 0. The van der Waals surface area contributed by atoms with E-state index < -0.39 is 0 Å². The Labute approximate surface area is 105 Å². The van der Waals surface area contributed by atoms with Crippen LogP contribution in [-0.2, 0) is 9.53 Å². The Morgan fingerprint density at radius 2 is 2.06 bits per heavy atom. The van der Waals surface area contributed by atoms with E-state index in [-0.39, 0.29) is 5.91 Å². The van der Waals surface area contributed by atoms with Crippen molar-refractivity contribution in [2.24, 2.45) is 17.6 Å². The minimum Gasteiger partial charge on any atom is -0.385 e. The van der Waals surface area contributed by atoms with Crippen LogP contribution >= 0.6 is 0 Å². The van der Waals surface area contributed by atoms with Crippen LogP contribution in [0.3, 0.4) is 0 Å². The van der Waals surface area contributed by atoms with Crippen LogP contribution in [-0.4, -0.2) is 44.7 Å². The van der Waals surface area contributed by atoms with Crippen molar-refractivity contribution < 1.29 is 9.53 Å². The number of nitrogens with two attached hydrogens (primary N) is 1. The van der Waals surface area contributed by atoms with Crippen molar-refractivity contribution in [1.29, 1.82) is 0 Å². The van der Waals surface area contributed by atoms with Gasteiger partial charge in [0, 0.05) is 33.7 Å². The van der Waals surface area contributed by atoms with Crippen molar-refractivity contribution in [2.45, 2.75) is 33.1 Å².